The van der Waals surface area contributed by atoms with E-state index < -0.39 is 12.0 Å². The summed E-state index contributed by atoms with van der Waals surface area (Å²) < 4.78 is 21.4. The predicted molar refractivity (Wildman–Crippen MR) is 143 cm³/mol. The summed E-state index contributed by atoms with van der Waals surface area (Å²) in [5, 5.41) is 2.56. The maximum Gasteiger partial charge on any atom is 0.338 e. The quantitative estimate of drug-likeness (QED) is 0.454. The second-order valence-corrected chi connectivity index (χ2v) is 9.91. The molecule has 204 valence electrons. The lowest BCUT2D eigenvalue weighted by Crippen LogP contribution is -2.42. The molecule has 0 aliphatic carbocycles. The molecular weight excluding hydrogens is 510 g/mol. The lowest BCUT2D eigenvalue weighted by Gasteiger charge is -2.37. The van der Waals surface area contributed by atoms with Gasteiger partial charge in [0.2, 0.25) is 5.91 Å². The van der Waals surface area contributed by atoms with Crippen LogP contribution >= 0.6 is 11.8 Å². The number of likely N-dealkylation sites (tertiary alicyclic amines) is 1. The predicted octanol–water partition coefficient (Wildman–Crippen LogP) is 3.64. The van der Waals surface area contributed by atoms with Crippen molar-refractivity contribution in [2.24, 2.45) is 10.9 Å². The van der Waals surface area contributed by atoms with Crippen molar-refractivity contribution in [1.82, 2.24) is 9.80 Å². The van der Waals surface area contributed by atoms with Gasteiger partial charge in [-0.15, -0.1) is 0 Å². The maximum atomic E-state index is 13.4. The number of hydrogen-bond acceptors (Lipinski definition) is 10. The molecule has 1 aromatic rings. The van der Waals surface area contributed by atoms with E-state index in [1.165, 1.54) is 18.9 Å². The number of rotatable bonds is 8. The number of methoxy groups -OCH3 is 3. The largest absolute Gasteiger partial charge is 0.497 e. The van der Waals surface area contributed by atoms with Crippen LogP contribution in [0.5, 0.6) is 11.5 Å². The van der Waals surface area contributed by atoms with Crippen molar-refractivity contribution in [2.45, 2.75) is 39.2 Å². The average Bonchev–Trinajstić information content (AvgIpc) is 3.33. The van der Waals surface area contributed by atoms with Crippen LogP contribution in [0.4, 0.5) is 0 Å². The SMILES string of the molecule is CCOC(=O)C1CCN(C(=O)CC2=CSC3=NC(C)=C(C(=O)OC)[C@H](c4cc(OC)ccc4OC)N23)CC1. The van der Waals surface area contributed by atoms with E-state index in [0.29, 0.717) is 66.0 Å². The second-order valence-electron chi connectivity index (χ2n) is 9.08. The van der Waals surface area contributed by atoms with Crippen LogP contribution in [0.3, 0.4) is 0 Å². The van der Waals surface area contributed by atoms with Crippen LogP contribution in [0.2, 0.25) is 0 Å². The second kappa shape index (κ2) is 11.9. The van der Waals surface area contributed by atoms with Gasteiger partial charge < -0.3 is 28.7 Å². The number of ether oxygens (including phenoxy) is 4. The molecule has 3 aliphatic heterocycles. The normalized spacial score (nSPS) is 19.4. The van der Waals surface area contributed by atoms with E-state index in [1.807, 2.05) is 16.4 Å². The highest BCUT2D eigenvalue weighted by molar-refractivity contribution is 8.16. The molecule has 0 unspecified atom stereocenters. The number of carbonyl (C=O) groups is 3. The third kappa shape index (κ3) is 5.38. The number of esters is 2. The highest BCUT2D eigenvalue weighted by atomic mass is 32.2. The van der Waals surface area contributed by atoms with Crippen molar-refractivity contribution in [2.75, 3.05) is 41.0 Å². The van der Waals surface area contributed by atoms with Crippen LogP contribution in [0.15, 0.2) is 45.6 Å². The molecule has 0 N–H and O–H groups in total. The first-order valence-electron chi connectivity index (χ1n) is 12.5. The number of fused-ring (bicyclic) bond motifs is 1. The van der Waals surface area contributed by atoms with Gasteiger partial charge in [-0.1, -0.05) is 11.8 Å². The Balaban J connectivity index is 1.62. The van der Waals surface area contributed by atoms with E-state index in [0.717, 1.165) is 5.70 Å². The first-order valence-corrected chi connectivity index (χ1v) is 13.4. The number of carbonyl (C=O) groups excluding carboxylic acids is 3. The van der Waals surface area contributed by atoms with Crippen molar-refractivity contribution < 1.29 is 33.3 Å². The highest BCUT2D eigenvalue weighted by Gasteiger charge is 2.43. The monoisotopic (exact) mass is 543 g/mol. The zero-order valence-corrected chi connectivity index (χ0v) is 23.1. The first-order chi connectivity index (χ1) is 18.3. The Bertz CT molecular complexity index is 1200. The summed E-state index contributed by atoms with van der Waals surface area (Å²) in [6.07, 6.45) is 1.27. The third-order valence-electron chi connectivity index (χ3n) is 6.94. The van der Waals surface area contributed by atoms with Crippen LogP contribution in [-0.4, -0.2) is 73.8 Å². The summed E-state index contributed by atoms with van der Waals surface area (Å²) in [6.45, 7) is 4.89. The van der Waals surface area contributed by atoms with E-state index in [9.17, 15) is 14.4 Å². The number of piperidine rings is 1. The molecule has 1 fully saturated rings. The lowest BCUT2D eigenvalue weighted by molar-refractivity contribution is -0.151. The molecule has 4 rings (SSSR count). The van der Waals surface area contributed by atoms with Gasteiger partial charge >= 0.3 is 11.9 Å². The molecule has 1 atom stereocenters. The topological polar surface area (TPSA) is 107 Å². The fourth-order valence-corrected chi connectivity index (χ4v) is 5.94. The van der Waals surface area contributed by atoms with Crippen LogP contribution < -0.4 is 9.47 Å². The minimum absolute atomic E-state index is 0.0531. The van der Waals surface area contributed by atoms with E-state index in [1.54, 1.807) is 45.1 Å². The Morgan fingerprint density at radius 2 is 1.84 bits per heavy atom. The Morgan fingerprint density at radius 3 is 2.47 bits per heavy atom. The molecule has 0 bridgehead atoms. The minimum Gasteiger partial charge on any atom is -0.497 e. The zero-order chi connectivity index (χ0) is 27.4. The van der Waals surface area contributed by atoms with Crippen molar-refractivity contribution >= 4 is 34.8 Å². The van der Waals surface area contributed by atoms with Crippen molar-refractivity contribution in [3.05, 3.63) is 46.1 Å². The van der Waals surface area contributed by atoms with Gasteiger partial charge in [0.15, 0.2) is 5.17 Å². The average molecular weight is 544 g/mol. The number of aliphatic imine (C=N–C) groups is 1. The van der Waals surface area contributed by atoms with E-state index in [-0.39, 0.29) is 24.2 Å². The molecular formula is C27H33N3O7S. The summed E-state index contributed by atoms with van der Waals surface area (Å²) in [7, 11) is 4.47. The van der Waals surface area contributed by atoms with Gasteiger partial charge in [0, 0.05) is 24.4 Å². The molecule has 3 heterocycles. The summed E-state index contributed by atoms with van der Waals surface area (Å²) in [4.78, 5) is 46.9. The smallest absolute Gasteiger partial charge is 0.338 e. The Labute approximate surface area is 226 Å². The van der Waals surface area contributed by atoms with Crippen molar-refractivity contribution in [3.8, 4) is 11.5 Å². The molecule has 1 saturated heterocycles. The maximum absolute atomic E-state index is 13.4. The standard InChI is InChI=1S/C27H33N3O7S/c1-6-37-25(32)17-9-11-29(12-10-17)22(31)13-18-15-38-27-28-16(2)23(26(33)36-5)24(30(18)27)20-14-19(34-3)7-8-21(20)35-4/h7-8,14-15,17,24H,6,9-13H2,1-5H3/t24-/m0/s1. The fraction of sp³-hybridized carbons (Fsp3) is 0.481. The fourth-order valence-electron chi connectivity index (χ4n) is 4.98. The number of allylic oxidation sites excluding steroid dienone is 1. The minimum atomic E-state index is -0.636. The molecule has 3 aliphatic rings. The number of amides is 1. The van der Waals surface area contributed by atoms with Crippen LogP contribution in [0.1, 0.15) is 44.7 Å². The van der Waals surface area contributed by atoms with Crippen LogP contribution in [-0.2, 0) is 23.9 Å². The van der Waals surface area contributed by atoms with Crippen molar-refractivity contribution in [1.29, 1.82) is 0 Å². The third-order valence-corrected chi connectivity index (χ3v) is 7.83. The van der Waals surface area contributed by atoms with Gasteiger partial charge in [0.25, 0.3) is 0 Å². The Kier molecular flexibility index (Phi) is 8.65. The van der Waals surface area contributed by atoms with Crippen LogP contribution in [0, 0.1) is 5.92 Å². The summed E-state index contributed by atoms with van der Waals surface area (Å²) in [5.41, 5.74) is 2.30. The summed E-state index contributed by atoms with van der Waals surface area (Å²) >= 11 is 1.40. The van der Waals surface area contributed by atoms with E-state index in [2.05, 4.69) is 4.99 Å². The molecule has 38 heavy (non-hydrogen) atoms. The highest BCUT2D eigenvalue weighted by Crippen LogP contribution is 2.47. The van der Waals surface area contributed by atoms with E-state index in [4.69, 9.17) is 18.9 Å². The van der Waals surface area contributed by atoms with Gasteiger partial charge in [0.05, 0.1) is 57.6 Å². The molecule has 10 nitrogen and oxygen atoms in total. The first kappa shape index (κ1) is 27.6. The lowest BCUT2D eigenvalue weighted by atomic mass is 9.92. The molecule has 1 amide bonds. The van der Waals surface area contributed by atoms with Gasteiger partial charge in [0.1, 0.15) is 11.5 Å². The van der Waals surface area contributed by atoms with Gasteiger partial charge in [-0.2, -0.15) is 0 Å². The van der Waals surface area contributed by atoms with Gasteiger partial charge in [-0.05, 0) is 50.3 Å². The van der Waals surface area contributed by atoms with E-state index >= 15 is 0 Å². The summed E-state index contributed by atoms with van der Waals surface area (Å²) in [5.74, 6) is 0.226. The van der Waals surface area contributed by atoms with Gasteiger partial charge in [-0.3, -0.25) is 9.59 Å². The number of hydrogen-bond donors (Lipinski definition) is 0. The molecule has 0 saturated carbocycles. The number of thioether (sulfide) groups is 1. The van der Waals surface area contributed by atoms with Crippen LogP contribution in [0.25, 0.3) is 0 Å². The number of amidine groups is 1. The van der Waals surface area contributed by atoms with Crippen molar-refractivity contribution in [3.63, 3.8) is 0 Å². The Morgan fingerprint density at radius 1 is 1.11 bits per heavy atom. The molecule has 0 aromatic heterocycles. The number of nitrogens with zero attached hydrogens (tertiary/aromatic N) is 3. The zero-order valence-electron chi connectivity index (χ0n) is 22.3. The Hall–Kier alpha value is -3.47. The summed E-state index contributed by atoms with van der Waals surface area (Å²) in [6, 6.07) is 4.76. The number of benzene rings is 1. The molecule has 11 heteroatoms. The molecule has 0 radical (unpaired) electrons. The molecule has 0 spiro atoms. The molecule has 1 aromatic carbocycles. The van der Waals surface area contributed by atoms with Gasteiger partial charge in [-0.25, -0.2) is 9.79 Å².